The number of nitrogens with zero attached hydrogens (tertiary/aromatic N) is 2. The highest BCUT2D eigenvalue weighted by atomic mass is 127. The van der Waals surface area contributed by atoms with Crippen molar-refractivity contribution in [2.75, 3.05) is 14.1 Å². The predicted octanol–water partition coefficient (Wildman–Crippen LogP) is 2.50. The second kappa shape index (κ2) is 5.28. The topological polar surface area (TPSA) is 44.1 Å². The molecule has 0 atom stereocenters. The van der Waals surface area contributed by atoms with E-state index in [1.165, 1.54) is 17.5 Å². The molecule has 1 heterocycles. The third-order valence-corrected chi connectivity index (χ3v) is 3.44. The van der Waals surface area contributed by atoms with Gasteiger partial charge in [0.2, 0.25) is 5.78 Å². The molecule has 0 aliphatic carbocycles. The number of hydrogen-bond donors (Lipinski definition) is 0. The Morgan fingerprint density at radius 3 is 2.67 bits per heavy atom. The molecule has 15 heavy (non-hydrogen) atoms. The zero-order valence-electron chi connectivity index (χ0n) is 8.32. The molecule has 3 nitrogen and oxygen atoms in total. The van der Waals surface area contributed by atoms with Gasteiger partial charge in [0.15, 0.2) is 0 Å². The molecule has 0 radical (unpaired) electrons. The number of hydrogen-bond acceptors (Lipinski definition) is 4. The first-order valence-corrected chi connectivity index (χ1v) is 6.02. The molecule has 1 rings (SSSR count). The minimum atomic E-state index is -0.209. The first-order chi connectivity index (χ1) is 7.04. The summed E-state index contributed by atoms with van der Waals surface area (Å²) in [5.74, 6) is -0.209. The van der Waals surface area contributed by atoms with Gasteiger partial charge >= 0.3 is 0 Å². The van der Waals surface area contributed by atoms with Crippen LogP contribution in [0.5, 0.6) is 0 Å². The Hall–Kier alpha value is -0.870. The van der Waals surface area contributed by atoms with Crippen molar-refractivity contribution in [3.63, 3.8) is 0 Å². The SMILES string of the molecule is CN(C)/C=C(/C#N)C(=O)c1ccc(I)s1. The number of thiophene rings is 1. The van der Waals surface area contributed by atoms with Crippen LogP contribution in [0.25, 0.3) is 0 Å². The van der Waals surface area contributed by atoms with E-state index in [-0.39, 0.29) is 11.4 Å². The van der Waals surface area contributed by atoms with E-state index in [0.29, 0.717) is 4.88 Å². The second-order valence-corrected chi connectivity index (χ2v) is 6.03. The Morgan fingerprint density at radius 2 is 2.27 bits per heavy atom. The van der Waals surface area contributed by atoms with E-state index in [2.05, 4.69) is 22.6 Å². The van der Waals surface area contributed by atoms with E-state index in [9.17, 15) is 4.79 Å². The molecule has 78 valence electrons. The largest absolute Gasteiger partial charge is 0.382 e. The normalized spacial score (nSPS) is 10.9. The monoisotopic (exact) mass is 332 g/mol. The molecule has 0 unspecified atom stereocenters. The number of rotatable bonds is 3. The summed E-state index contributed by atoms with van der Waals surface area (Å²) in [5, 5.41) is 8.85. The first-order valence-electron chi connectivity index (χ1n) is 4.13. The third-order valence-electron chi connectivity index (χ3n) is 1.55. The van der Waals surface area contributed by atoms with Crippen LogP contribution in [0.4, 0.5) is 0 Å². The molecule has 0 aromatic carbocycles. The molecule has 0 aliphatic heterocycles. The fraction of sp³-hybridized carbons (Fsp3) is 0.200. The molecular formula is C10H9IN2OS. The van der Waals surface area contributed by atoms with Gasteiger partial charge in [-0.1, -0.05) is 0 Å². The minimum Gasteiger partial charge on any atom is -0.382 e. The van der Waals surface area contributed by atoms with Crippen molar-refractivity contribution in [3.05, 3.63) is 31.7 Å². The summed E-state index contributed by atoms with van der Waals surface area (Å²) in [7, 11) is 3.56. The molecule has 0 fully saturated rings. The van der Waals surface area contributed by atoms with Crippen LogP contribution in [0, 0.1) is 14.2 Å². The maximum Gasteiger partial charge on any atom is 0.214 e. The number of allylic oxidation sites excluding steroid dienone is 1. The van der Waals surface area contributed by atoms with Crippen LogP contribution < -0.4 is 0 Å². The van der Waals surface area contributed by atoms with E-state index in [4.69, 9.17) is 5.26 Å². The summed E-state index contributed by atoms with van der Waals surface area (Å²) in [6, 6.07) is 5.52. The predicted molar refractivity (Wildman–Crippen MR) is 68.7 cm³/mol. The first kappa shape index (κ1) is 12.2. The number of ketones is 1. The molecule has 0 bridgehead atoms. The van der Waals surface area contributed by atoms with Crippen molar-refractivity contribution in [3.8, 4) is 6.07 Å². The standard InChI is InChI=1S/C10H9IN2OS/c1-13(2)6-7(5-12)10(14)8-3-4-9(11)15-8/h3-4,6H,1-2H3/b7-6-. The maximum absolute atomic E-state index is 11.8. The van der Waals surface area contributed by atoms with E-state index in [0.717, 1.165) is 2.88 Å². The van der Waals surface area contributed by atoms with Gasteiger partial charge < -0.3 is 4.90 Å². The molecule has 0 saturated heterocycles. The Bertz CT molecular complexity index is 443. The third kappa shape index (κ3) is 3.32. The Balaban J connectivity index is 2.99. The van der Waals surface area contributed by atoms with Crippen LogP contribution in [0.3, 0.4) is 0 Å². The summed E-state index contributed by atoms with van der Waals surface area (Å²) >= 11 is 3.54. The number of carbonyl (C=O) groups excluding carboxylic acids is 1. The van der Waals surface area contributed by atoms with E-state index >= 15 is 0 Å². The van der Waals surface area contributed by atoms with E-state index in [1.54, 1.807) is 25.1 Å². The Morgan fingerprint density at radius 1 is 1.60 bits per heavy atom. The van der Waals surface area contributed by atoms with E-state index in [1.807, 2.05) is 12.1 Å². The van der Waals surface area contributed by atoms with Crippen LogP contribution in [0.1, 0.15) is 9.67 Å². The lowest BCUT2D eigenvalue weighted by Gasteiger charge is -2.04. The highest BCUT2D eigenvalue weighted by Gasteiger charge is 2.14. The van der Waals surface area contributed by atoms with Crippen LogP contribution in [-0.4, -0.2) is 24.8 Å². The highest BCUT2D eigenvalue weighted by molar-refractivity contribution is 14.1. The van der Waals surface area contributed by atoms with Crippen LogP contribution in [0.2, 0.25) is 0 Å². The molecule has 1 aromatic rings. The van der Waals surface area contributed by atoms with Crippen LogP contribution in [-0.2, 0) is 0 Å². The summed E-state index contributed by atoms with van der Waals surface area (Å²) in [5.41, 5.74) is 0.165. The fourth-order valence-corrected chi connectivity index (χ4v) is 2.54. The molecule has 0 aliphatic rings. The quantitative estimate of drug-likeness (QED) is 0.370. The summed E-state index contributed by atoms with van der Waals surface area (Å²) in [6.45, 7) is 0. The van der Waals surface area contributed by atoms with Gasteiger partial charge in [-0.2, -0.15) is 5.26 Å². The lowest BCUT2D eigenvalue weighted by Crippen LogP contribution is -2.07. The minimum absolute atomic E-state index is 0.165. The van der Waals surface area contributed by atoms with E-state index < -0.39 is 0 Å². The summed E-state index contributed by atoms with van der Waals surface area (Å²) < 4.78 is 1.04. The Kier molecular flexibility index (Phi) is 4.29. The average Bonchev–Trinajstić information content (AvgIpc) is 2.60. The fourth-order valence-electron chi connectivity index (χ4n) is 0.966. The van der Waals surface area contributed by atoms with Gasteiger partial charge in [-0.05, 0) is 34.7 Å². The van der Waals surface area contributed by atoms with Gasteiger partial charge in [0.1, 0.15) is 11.6 Å². The smallest absolute Gasteiger partial charge is 0.214 e. The van der Waals surface area contributed by atoms with Crippen LogP contribution in [0.15, 0.2) is 23.9 Å². The molecule has 1 aromatic heterocycles. The number of halogens is 1. The van der Waals surface area contributed by atoms with Crippen LogP contribution >= 0.6 is 33.9 Å². The lowest BCUT2D eigenvalue weighted by molar-refractivity contribution is 0.104. The van der Waals surface area contributed by atoms with Gasteiger partial charge in [-0.25, -0.2) is 0 Å². The van der Waals surface area contributed by atoms with Crippen molar-refractivity contribution >= 4 is 39.7 Å². The lowest BCUT2D eigenvalue weighted by atomic mass is 10.2. The van der Waals surface area contributed by atoms with Crippen molar-refractivity contribution in [2.24, 2.45) is 0 Å². The van der Waals surface area contributed by atoms with Gasteiger partial charge in [0.05, 0.1) is 7.76 Å². The van der Waals surface area contributed by atoms with Gasteiger partial charge in [0.25, 0.3) is 0 Å². The zero-order chi connectivity index (χ0) is 11.4. The molecule has 0 N–H and O–H groups in total. The van der Waals surface area contributed by atoms with Crippen molar-refractivity contribution in [1.29, 1.82) is 5.26 Å². The summed E-state index contributed by atoms with van der Waals surface area (Å²) in [6.07, 6.45) is 1.54. The number of Topliss-reactive ketones (excluding diaryl/α,β-unsaturated/α-hetero) is 1. The molecule has 0 saturated carbocycles. The molecular weight excluding hydrogens is 323 g/mol. The summed E-state index contributed by atoms with van der Waals surface area (Å²) in [4.78, 5) is 14.1. The van der Waals surface area contributed by atoms with Gasteiger partial charge in [-0.15, -0.1) is 11.3 Å². The molecule has 0 amide bonds. The number of nitriles is 1. The highest BCUT2D eigenvalue weighted by Crippen LogP contribution is 2.20. The molecule has 5 heteroatoms. The second-order valence-electron chi connectivity index (χ2n) is 3.05. The number of carbonyl (C=O) groups is 1. The van der Waals surface area contributed by atoms with Gasteiger partial charge in [-0.3, -0.25) is 4.79 Å². The Labute approximate surface area is 106 Å². The van der Waals surface area contributed by atoms with Crippen molar-refractivity contribution < 1.29 is 4.79 Å². The molecule has 0 spiro atoms. The zero-order valence-corrected chi connectivity index (χ0v) is 11.3. The van der Waals surface area contributed by atoms with Crippen molar-refractivity contribution in [1.82, 2.24) is 4.90 Å². The maximum atomic E-state index is 11.8. The van der Waals surface area contributed by atoms with Gasteiger partial charge in [0, 0.05) is 20.3 Å². The average molecular weight is 332 g/mol. The van der Waals surface area contributed by atoms with Crippen molar-refractivity contribution in [2.45, 2.75) is 0 Å².